The van der Waals surface area contributed by atoms with Crippen molar-refractivity contribution < 1.29 is 19.2 Å². The Labute approximate surface area is 257 Å². The van der Waals surface area contributed by atoms with Gasteiger partial charge < -0.3 is 26.2 Å². The maximum atomic E-state index is 13.7. The Kier molecular flexibility index (Phi) is 9.90. The lowest BCUT2D eigenvalue weighted by Crippen LogP contribution is -2.56. The van der Waals surface area contributed by atoms with Gasteiger partial charge in [-0.3, -0.25) is 24.0 Å². The van der Waals surface area contributed by atoms with Gasteiger partial charge in [0.05, 0.1) is 0 Å². The van der Waals surface area contributed by atoms with Gasteiger partial charge in [-0.25, -0.2) is 4.79 Å². The van der Waals surface area contributed by atoms with E-state index in [0.29, 0.717) is 30.9 Å². The lowest BCUT2D eigenvalue weighted by molar-refractivity contribution is -0.135. The molecule has 1 aliphatic carbocycles. The average Bonchev–Trinajstić information content (AvgIpc) is 3.73. The van der Waals surface area contributed by atoms with Crippen LogP contribution in [0.2, 0.25) is 0 Å². The molecule has 2 aliphatic rings. The van der Waals surface area contributed by atoms with E-state index < -0.39 is 18.0 Å². The molecule has 2 atom stereocenters. The molecule has 5 amide bonds. The Morgan fingerprint density at radius 3 is 2.23 bits per heavy atom. The molecule has 0 spiro atoms. The van der Waals surface area contributed by atoms with Crippen molar-refractivity contribution in [2.24, 2.45) is 7.05 Å². The average molecular weight is 601 g/mol. The number of aryl methyl sites for hydroxylation is 1. The predicted molar refractivity (Wildman–Crippen MR) is 166 cm³/mol. The third-order valence-electron chi connectivity index (χ3n) is 7.90. The lowest BCUT2D eigenvalue weighted by Gasteiger charge is -2.36. The summed E-state index contributed by atoms with van der Waals surface area (Å²) in [4.78, 5) is 55.6. The Bertz CT molecular complexity index is 1450. The van der Waals surface area contributed by atoms with Crippen LogP contribution in [0.4, 0.5) is 10.5 Å². The van der Waals surface area contributed by atoms with Gasteiger partial charge in [-0.1, -0.05) is 42.5 Å². The van der Waals surface area contributed by atoms with Crippen molar-refractivity contribution in [3.63, 3.8) is 0 Å². The molecular weight excluding hydrogens is 560 g/mol. The fourth-order valence-electron chi connectivity index (χ4n) is 5.14. The second kappa shape index (κ2) is 14.2. The molecule has 1 aromatic heterocycles. The fraction of sp³-hybridized carbons (Fsp3) is 0.406. The molecule has 1 aliphatic heterocycles. The van der Waals surface area contributed by atoms with Gasteiger partial charge in [0.1, 0.15) is 17.8 Å². The zero-order valence-electron chi connectivity index (χ0n) is 25.2. The van der Waals surface area contributed by atoms with E-state index in [1.165, 1.54) is 16.4 Å². The second-order valence-corrected chi connectivity index (χ2v) is 11.5. The number of nitrogens with zero attached hydrogens (tertiary/aromatic N) is 4. The second-order valence-electron chi connectivity index (χ2n) is 11.5. The summed E-state index contributed by atoms with van der Waals surface area (Å²) in [6.07, 6.45) is 3.73. The number of urea groups is 1. The molecule has 3 aromatic rings. The number of amides is 5. The molecule has 232 valence electrons. The highest BCUT2D eigenvalue weighted by atomic mass is 16.2. The van der Waals surface area contributed by atoms with Gasteiger partial charge in [-0.2, -0.15) is 5.10 Å². The number of nitrogens with one attached hydrogen (secondary N) is 4. The van der Waals surface area contributed by atoms with Gasteiger partial charge in [0.15, 0.2) is 0 Å². The van der Waals surface area contributed by atoms with Crippen molar-refractivity contribution in [1.29, 1.82) is 0 Å². The Hall–Kier alpha value is -4.71. The SMILES string of the molecule is C[C@H](NC(=O)c1ccnn1C)C(=O)Nc1ccc(C[C@@H](NC(=O)NC2CC2)C(=O)N2CCN(Cc3ccccc3)CC2)cc1. The van der Waals surface area contributed by atoms with E-state index >= 15 is 0 Å². The molecule has 12 nitrogen and oxygen atoms in total. The first kappa shape index (κ1) is 30.7. The molecule has 2 aromatic carbocycles. The number of piperazine rings is 1. The fourth-order valence-corrected chi connectivity index (χ4v) is 5.14. The minimum Gasteiger partial charge on any atom is -0.339 e. The first-order chi connectivity index (χ1) is 21.2. The molecule has 12 heteroatoms. The van der Waals surface area contributed by atoms with Crippen LogP contribution in [0.25, 0.3) is 0 Å². The quantitative estimate of drug-likeness (QED) is 0.265. The van der Waals surface area contributed by atoms with Gasteiger partial charge in [-0.15, -0.1) is 0 Å². The molecule has 0 radical (unpaired) electrons. The van der Waals surface area contributed by atoms with E-state index in [9.17, 15) is 19.2 Å². The number of benzene rings is 2. The van der Waals surface area contributed by atoms with E-state index in [1.807, 2.05) is 35.2 Å². The number of hydrogen-bond acceptors (Lipinski definition) is 6. The lowest BCUT2D eigenvalue weighted by atomic mass is 10.0. The van der Waals surface area contributed by atoms with E-state index in [4.69, 9.17) is 0 Å². The molecule has 1 saturated carbocycles. The van der Waals surface area contributed by atoms with Gasteiger partial charge >= 0.3 is 6.03 Å². The van der Waals surface area contributed by atoms with E-state index in [0.717, 1.165) is 38.0 Å². The molecule has 44 heavy (non-hydrogen) atoms. The minimum atomic E-state index is -0.776. The highest BCUT2D eigenvalue weighted by molar-refractivity contribution is 6.00. The van der Waals surface area contributed by atoms with Crippen LogP contribution in [0.3, 0.4) is 0 Å². The normalized spacial score (nSPS) is 16.5. The maximum absolute atomic E-state index is 13.7. The third kappa shape index (κ3) is 8.44. The zero-order chi connectivity index (χ0) is 31.1. The van der Waals surface area contributed by atoms with Crippen LogP contribution < -0.4 is 21.3 Å². The predicted octanol–water partition coefficient (Wildman–Crippen LogP) is 1.89. The number of carbonyl (C=O) groups is 4. The van der Waals surface area contributed by atoms with Gasteiger partial charge in [0.25, 0.3) is 5.91 Å². The van der Waals surface area contributed by atoms with Crippen LogP contribution in [0.5, 0.6) is 0 Å². The number of anilines is 1. The molecule has 0 bridgehead atoms. The summed E-state index contributed by atoms with van der Waals surface area (Å²) in [7, 11) is 1.65. The molecule has 5 rings (SSSR count). The Balaban J connectivity index is 1.16. The summed E-state index contributed by atoms with van der Waals surface area (Å²) >= 11 is 0. The summed E-state index contributed by atoms with van der Waals surface area (Å²) in [6.45, 7) is 5.15. The third-order valence-corrected chi connectivity index (χ3v) is 7.90. The number of aromatic nitrogens is 2. The topological polar surface area (TPSA) is 141 Å². The van der Waals surface area contributed by atoms with Gasteiger partial charge in [0, 0.05) is 64.1 Å². The molecule has 2 fully saturated rings. The van der Waals surface area contributed by atoms with Crippen molar-refractivity contribution >= 4 is 29.4 Å². The summed E-state index contributed by atoms with van der Waals surface area (Å²) in [5.74, 6) is -0.869. The number of rotatable bonds is 11. The first-order valence-electron chi connectivity index (χ1n) is 15.1. The number of carbonyl (C=O) groups excluding carboxylic acids is 4. The molecule has 0 unspecified atom stereocenters. The smallest absolute Gasteiger partial charge is 0.315 e. The Morgan fingerprint density at radius 2 is 1.59 bits per heavy atom. The Morgan fingerprint density at radius 1 is 0.886 bits per heavy atom. The summed E-state index contributed by atoms with van der Waals surface area (Å²) in [5.41, 5.74) is 2.99. The van der Waals surface area contributed by atoms with Crippen LogP contribution in [0.1, 0.15) is 41.4 Å². The molecule has 4 N–H and O–H groups in total. The number of hydrogen-bond donors (Lipinski definition) is 4. The summed E-state index contributed by atoms with van der Waals surface area (Å²) in [6, 6.07) is 17.3. The minimum absolute atomic E-state index is 0.106. The zero-order valence-corrected chi connectivity index (χ0v) is 25.2. The van der Waals surface area contributed by atoms with Crippen molar-refractivity contribution in [3.05, 3.63) is 83.7 Å². The van der Waals surface area contributed by atoms with Crippen molar-refractivity contribution in [2.75, 3.05) is 31.5 Å². The van der Waals surface area contributed by atoms with Gasteiger partial charge in [0.2, 0.25) is 11.8 Å². The van der Waals surface area contributed by atoms with E-state index in [2.05, 4.69) is 43.4 Å². The molecule has 2 heterocycles. The van der Waals surface area contributed by atoms with Crippen LogP contribution in [0, 0.1) is 0 Å². The highest BCUT2D eigenvalue weighted by Crippen LogP contribution is 2.19. The highest BCUT2D eigenvalue weighted by Gasteiger charge is 2.31. The van der Waals surface area contributed by atoms with Crippen LogP contribution in [0.15, 0.2) is 66.9 Å². The van der Waals surface area contributed by atoms with E-state index in [-0.39, 0.29) is 23.9 Å². The van der Waals surface area contributed by atoms with E-state index in [1.54, 1.807) is 32.2 Å². The summed E-state index contributed by atoms with van der Waals surface area (Å²) < 4.78 is 1.44. The van der Waals surface area contributed by atoms with Crippen molar-refractivity contribution in [1.82, 2.24) is 35.5 Å². The summed E-state index contributed by atoms with van der Waals surface area (Å²) in [5, 5.41) is 15.3. The molecule has 1 saturated heterocycles. The maximum Gasteiger partial charge on any atom is 0.315 e. The first-order valence-corrected chi connectivity index (χ1v) is 15.1. The van der Waals surface area contributed by atoms with Crippen LogP contribution in [-0.4, -0.2) is 87.6 Å². The largest absolute Gasteiger partial charge is 0.339 e. The van der Waals surface area contributed by atoms with Crippen molar-refractivity contribution in [2.45, 2.75) is 50.9 Å². The monoisotopic (exact) mass is 600 g/mol. The standard InChI is InChI=1S/C32H40N8O4/c1-22(34-30(42)28-14-15-33-38(28)2)29(41)35-25-10-8-23(9-11-25)20-27(37-32(44)36-26-12-13-26)31(43)40-18-16-39(17-19-40)21-24-6-4-3-5-7-24/h3-11,14-15,22,26-27H,12-13,16-21H2,1-2H3,(H,34,42)(H,35,41)(H2,36,37,44)/t22-,27+/m0/s1. The van der Waals surface area contributed by atoms with Crippen LogP contribution in [-0.2, 0) is 29.6 Å². The molecular formula is C32H40N8O4. The van der Waals surface area contributed by atoms with Crippen LogP contribution >= 0.6 is 0 Å². The van der Waals surface area contributed by atoms with Gasteiger partial charge in [-0.05, 0) is 49.1 Å². The van der Waals surface area contributed by atoms with Crippen molar-refractivity contribution in [3.8, 4) is 0 Å².